The van der Waals surface area contributed by atoms with E-state index in [4.69, 9.17) is 9.16 Å². The number of hydrogen-bond acceptors (Lipinski definition) is 4. The molecule has 5 heteroatoms. The first-order chi connectivity index (χ1) is 14.6. The van der Waals surface area contributed by atoms with Gasteiger partial charge in [-0.15, -0.1) is 0 Å². The van der Waals surface area contributed by atoms with E-state index in [2.05, 4.69) is 113 Å². The molecular formula is C26H40N2O2Si. The van der Waals surface area contributed by atoms with E-state index in [1.807, 2.05) is 0 Å². The lowest BCUT2D eigenvalue weighted by atomic mass is 10.1. The van der Waals surface area contributed by atoms with Crippen LogP contribution < -0.4 is 21.2 Å². The first kappa shape index (κ1) is 24.1. The third-order valence-corrected chi connectivity index (χ3v) is 10.9. The third-order valence-electron chi connectivity index (χ3n) is 5.92. The maximum absolute atomic E-state index is 7.03. The van der Waals surface area contributed by atoms with Crippen molar-refractivity contribution in [3.05, 3.63) is 60.7 Å². The Morgan fingerprint density at radius 3 is 1.84 bits per heavy atom. The molecule has 1 aliphatic heterocycles. The van der Waals surface area contributed by atoms with Crippen LogP contribution >= 0.6 is 0 Å². The molecule has 2 N–H and O–H groups in total. The Morgan fingerprint density at radius 2 is 1.42 bits per heavy atom. The molecule has 170 valence electrons. The minimum absolute atomic E-state index is 0.00884. The molecule has 0 spiro atoms. The molecule has 3 rings (SSSR count). The van der Waals surface area contributed by atoms with Crippen LogP contribution in [0.4, 0.5) is 0 Å². The van der Waals surface area contributed by atoms with Crippen molar-refractivity contribution in [1.82, 2.24) is 10.9 Å². The molecule has 2 aromatic carbocycles. The predicted molar refractivity (Wildman–Crippen MR) is 132 cm³/mol. The Labute approximate surface area is 189 Å². The molecule has 0 bridgehead atoms. The van der Waals surface area contributed by atoms with E-state index in [0.29, 0.717) is 19.3 Å². The summed E-state index contributed by atoms with van der Waals surface area (Å²) in [7, 11) is -2.50. The summed E-state index contributed by atoms with van der Waals surface area (Å²) >= 11 is 0. The van der Waals surface area contributed by atoms with Crippen molar-refractivity contribution in [3.63, 3.8) is 0 Å². The minimum Gasteiger partial charge on any atom is -0.405 e. The number of hydrogen-bond donors (Lipinski definition) is 2. The topological polar surface area (TPSA) is 42.5 Å². The van der Waals surface area contributed by atoms with Gasteiger partial charge in [0.25, 0.3) is 8.32 Å². The van der Waals surface area contributed by atoms with Gasteiger partial charge in [0, 0.05) is 11.6 Å². The summed E-state index contributed by atoms with van der Waals surface area (Å²) in [6, 6.07) is 22.0. The monoisotopic (exact) mass is 440 g/mol. The summed E-state index contributed by atoms with van der Waals surface area (Å²) in [4.78, 5) is 0. The van der Waals surface area contributed by atoms with Gasteiger partial charge in [0.2, 0.25) is 0 Å². The van der Waals surface area contributed by atoms with Gasteiger partial charge in [0.1, 0.15) is 0 Å². The molecule has 2 aromatic rings. The van der Waals surface area contributed by atoms with E-state index in [0.717, 1.165) is 12.8 Å². The van der Waals surface area contributed by atoms with E-state index in [-0.39, 0.29) is 16.7 Å². The average molecular weight is 441 g/mol. The van der Waals surface area contributed by atoms with Crippen LogP contribution in [-0.2, 0) is 9.16 Å². The number of hydrazine groups is 1. The molecule has 0 aliphatic carbocycles. The molecular weight excluding hydrogens is 400 g/mol. The highest BCUT2D eigenvalue weighted by Gasteiger charge is 2.50. The van der Waals surface area contributed by atoms with Crippen LogP contribution in [0.2, 0.25) is 5.04 Å². The van der Waals surface area contributed by atoms with Crippen molar-refractivity contribution in [2.45, 2.75) is 77.1 Å². The van der Waals surface area contributed by atoms with Crippen molar-refractivity contribution in [1.29, 1.82) is 0 Å². The maximum atomic E-state index is 7.03. The quantitative estimate of drug-likeness (QED) is 0.504. The zero-order valence-electron chi connectivity index (χ0n) is 20.1. The van der Waals surface area contributed by atoms with Crippen LogP contribution in [-0.4, -0.2) is 39.2 Å². The maximum Gasteiger partial charge on any atom is 0.261 e. The second-order valence-corrected chi connectivity index (χ2v) is 15.0. The molecule has 1 aliphatic rings. The van der Waals surface area contributed by atoms with Gasteiger partial charge < -0.3 is 9.16 Å². The molecule has 2 atom stereocenters. The van der Waals surface area contributed by atoms with E-state index >= 15 is 0 Å². The van der Waals surface area contributed by atoms with Gasteiger partial charge in [-0.25, -0.2) is 0 Å². The SMILES string of the molecule is CC(C)(C)NNC1CCC(CO[Si](c2ccccc2)(c2ccccc2)C(C)(C)C)OC1. The van der Waals surface area contributed by atoms with Crippen LogP contribution in [0.25, 0.3) is 0 Å². The van der Waals surface area contributed by atoms with Gasteiger partial charge in [-0.05, 0) is 49.0 Å². The van der Waals surface area contributed by atoms with E-state index in [9.17, 15) is 0 Å². The predicted octanol–water partition coefficient (Wildman–Crippen LogP) is 4.00. The molecule has 0 saturated carbocycles. The van der Waals surface area contributed by atoms with Gasteiger partial charge in [-0.3, -0.25) is 10.9 Å². The average Bonchev–Trinajstić information content (AvgIpc) is 2.73. The first-order valence-corrected chi connectivity index (χ1v) is 13.4. The zero-order chi connectivity index (χ0) is 22.5. The lowest BCUT2D eigenvalue weighted by Crippen LogP contribution is -2.67. The minimum atomic E-state index is -2.50. The largest absolute Gasteiger partial charge is 0.405 e. The molecule has 1 fully saturated rings. The molecule has 1 heterocycles. The highest BCUT2D eigenvalue weighted by atomic mass is 28.4. The van der Waals surface area contributed by atoms with Crippen molar-refractivity contribution >= 4 is 18.7 Å². The Hall–Kier alpha value is -1.50. The lowest BCUT2D eigenvalue weighted by molar-refractivity contribution is -0.0318. The number of ether oxygens (including phenoxy) is 1. The summed E-state index contributed by atoms with van der Waals surface area (Å²) in [6.07, 6.45) is 2.22. The van der Waals surface area contributed by atoms with Crippen molar-refractivity contribution < 1.29 is 9.16 Å². The zero-order valence-corrected chi connectivity index (χ0v) is 21.1. The van der Waals surface area contributed by atoms with Crippen molar-refractivity contribution in [2.75, 3.05) is 13.2 Å². The van der Waals surface area contributed by atoms with Gasteiger partial charge >= 0.3 is 0 Å². The van der Waals surface area contributed by atoms with Gasteiger partial charge in [0.15, 0.2) is 0 Å². The van der Waals surface area contributed by atoms with E-state index < -0.39 is 8.32 Å². The molecule has 31 heavy (non-hydrogen) atoms. The Balaban J connectivity index is 1.75. The van der Waals surface area contributed by atoms with Crippen molar-refractivity contribution in [2.24, 2.45) is 0 Å². The molecule has 0 radical (unpaired) electrons. The van der Waals surface area contributed by atoms with Crippen molar-refractivity contribution in [3.8, 4) is 0 Å². The fourth-order valence-corrected chi connectivity index (χ4v) is 8.94. The fourth-order valence-electron chi connectivity index (χ4n) is 4.35. The summed E-state index contributed by atoms with van der Waals surface area (Å²) in [5, 5.41) is 2.63. The second kappa shape index (κ2) is 9.97. The van der Waals surface area contributed by atoms with E-state index in [1.54, 1.807) is 0 Å². The summed E-state index contributed by atoms with van der Waals surface area (Å²) in [6.45, 7) is 14.8. The Kier molecular flexibility index (Phi) is 7.76. The molecule has 0 amide bonds. The second-order valence-electron chi connectivity index (χ2n) is 10.7. The summed E-state index contributed by atoms with van der Waals surface area (Å²) in [5.41, 5.74) is 6.84. The molecule has 4 nitrogen and oxygen atoms in total. The lowest BCUT2D eigenvalue weighted by Gasteiger charge is -2.44. The highest BCUT2D eigenvalue weighted by Crippen LogP contribution is 2.37. The number of nitrogens with one attached hydrogen (secondary N) is 2. The van der Waals surface area contributed by atoms with Gasteiger partial charge in [-0.2, -0.15) is 0 Å². The molecule has 2 unspecified atom stereocenters. The van der Waals surface area contributed by atoms with Crippen LogP contribution in [0.15, 0.2) is 60.7 Å². The number of benzene rings is 2. The molecule has 0 aromatic heterocycles. The summed E-state index contributed by atoms with van der Waals surface area (Å²) < 4.78 is 13.3. The van der Waals surface area contributed by atoms with Crippen LogP contribution in [0.3, 0.4) is 0 Å². The first-order valence-electron chi connectivity index (χ1n) is 11.5. The van der Waals surface area contributed by atoms with Crippen LogP contribution in [0.1, 0.15) is 54.4 Å². The highest BCUT2D eigenvalue weighted by molar-refractivity contribution is 6.99. The Bertz CT molecular complexity index is 752. The fraction of sp³-hybridized carbons (Fsp3) is 0.538. The van der Waals surface area contributed by atoms with Crippen LogP contribution in [0, 0.1) is 0 Å². The standard InChI is InChI=1S/C26H40N2O2Si/c1-25(2,3)28-27-21-17-18-22(29-19-21)20-30-31(26(4,5)6,23-13-9-7-10-14-23)24-15-11-8-12-16-24/h7-16,21-22,27-28H,17-20H2,1-6H3. The van der Waals surface area contributed by atoms with Gasteiger partial charge in [-0.1, -0.05) is 81.4 Å². The van der Waals surface area contributed by atoms with E-state index in [1.165, 1.54) is 10.4 Å². The summed E-state index contributed by atoms with van der Waals surface area (Å²) in [5.74, 6) is 0. The van der Waals surface area contributed by atoms with Crippen LogP contribution in [0.5, 0.6) is 0 Å². The Morgan fingerprint density at radius 1 is 0.871 bits per heavy atom. The third kappa shape index (κ3) is 6.05. The number of rotatable bonds is 7. The smallest absolute Gasteiger partial charge is 0.261 e. The normalized spacial score (nSPS) is 20.6. The van der Waals surface area contributed by atoms with Gasteiger partial charge in [0.05, 0.1) is 19.3 Å². The molecule has 1 saturated heterocycles.